The molecule has 0 unspecified atom stereocenters. The maximum atomic E-state index is 15.4. The van der Waals surface area contributed by atoms with E-state index >= 15 is 4.39 Å². The summed E-state index contributed by atoms with van der Waals surface area (Å²) in [6, 6.07) is 6.84. The monoisotopic (exact) mass is 546 g/mol. The van der Waals surface area contributed by atoms with Crippen molar-refractivity contribution in [1.29, 1.82) is 0 Å². The molecular formula is C25H27FN4O7S. The first-order chi connectivity index (χ1) is 18.0. The Hall–Kier alpha value is -3.97. The van der Waals surface area contributed by atoms with Crippen LogP contribution in [0.2, 0.25) is 0 Å². The lowest BCUT2D eigenvalue weighted by molar-refractivity contribution is -0.114. The lowest BCUT2D eigenvalue weighted by Gasteiger charge is -2.36. The quantitative estimate of drug-likeness (QED) is 0.461. The van der Waals surface area contributed by atoms with Crippen molar-refractivity contribution in [2.24, 2.45) is 0 Å². The van der Waals surface area contributed by atoms with E-state index in [1.54, 1.807) is 11.8 Å². The van der Waals surface area contributed by atoms with Crippen LogP contribution < -0.4 is 20.4 Å². The fourth-order valence-corrected chi connectivity index (χ4v) is 6.02. The number of rotatable bonds is 7. The molecule has 0 radical (unpaired) electrons. The van der Waals surface area contributed by atoms with E-state index in [1.165, 1.54) is 53.4 Å². The van der Waals surface area contributed by atoms with Gasteiger partial charge < -0.3 is 24.6 Å². The minimum atomic E-state index is -3.83. The summed E-state index contributed by atoms with van der Waals surface area (Å²) in [6.07, 6.45) is 1.21. The number of benzene rings is 2. The molecule has 0 saturated carbocycles. The number of anilines is 2. The molecule has 202 valence electrons. The van der Waals surface area contributed by atoms with Crippen molar-refractivity contribution in [3.63, 3.8) is 0 Å². The number of aromatic nitrogens is 1. The third-order valence-corrected chi connectivity index (χ3v) is 8.30. The van der Waals surface area contributed by atoms with E-state index in [0.717, 1.165) is 6.07 Å². The van der Waals surface area contributed by atoms with Gasteiger partial charge in [-0.1, -0.05) is 0 Å². The number of aryl methyl sites for hydroxylation is 1. The van der Waals surface area contributed by atoms with E-state index in [9.17, 15) is 27.9 Å². The zero-order valence-electron chi connectivity index (χ0n) is 21.0. The highest BCUT2D eigenvalue weighted by atomic mass is 32.2. The van der Waals surface area contributed by atoms with E-state index in [4.69, 9.17) is 4.74 Å². The first-order valence-corrected chi connectivity index (χ1v) is 13.2. The Labute approximate surface area is 218 Å². The molecule has 1 amide bonds. The van der Waals surface area contributed by atoms with E-state index in [2.05, 4.69) is 5.32 Å². The van der Waals surface area contributed by atoms with Crippen LogP contribution in [0.1, 0.15) is 24.2 Å². The number of piperazine rings is 1. The molecule has 1 aromatic heterocycles. The highest BCUT2D eigenvalue weighted by Gasteiger charge is 2.32. The number of methoxy groups -OCH3 is 1. The Morgan fingerprint density at radius 2 is 1.76 bits per heavy atom. The molecule has 11 nitrogen and oxygen atoms in total. The summed E-state index contributed by atoms with van der Waals surface area (Å²) in [5.74, 6) is -2.39. The van der Waals surface area contributed by atoms with Crippen molar-refractivity contribution in [1.82, 2.24) is 8.87 Å². The standard InChI is InChI=1S/C25H27FN4O7S/c1-4-28-14-19(25(33)34)23(32)18-13-20(26)22(24(37-3)21(18)28)29-9-11-30(12-10-29)38(35,36)17-7-5-16(6-8-17)27-15(2)31/h5-8,13-14H,4,9-12H2,1-3H3,(H,27,31)(H,33,34). The van der Waals surface area contributed by atoms with Gasteiger partial charge >= 0.3 is 5.97 Å². The van der Waals surface area contributed by atoms with Crippen molar-refractivity contribution in [3.05, 3.63) is 58.1 Å². The van der Waals surface area contributed by atoms with Crippen molar-refractivity contribution >= 4 is 44.2 Å². The highest BCUT2D eigenvalue weighted by molar-refractivity contribution is 7.89. The number of carboxylic acids is 1. The summed E-state index contributed by atoms with van der Waals surface area (Å²) in [7, 11) is -2.50. The summed E-state index contributed by atoms with van der Waals surface area (Å²) >= 11 is 0. The predicted octanol–water partition coefficient (Wildman–Crippen LogP) is 2.34. The molecule has 4 rings (SSSR count). The number of ether oxygens (including phenoxy) is 1. The van der Waals surface area contributed by atoms with Gasteiger partial charge in [0.05, 0.1) is 22.9 Å². The first kappa shape index (κ1) is 27.1. The normalized spacial score (nSPS) is 14.5. The zero-order chi connectivity index (χ0) is 27.8. The van der Waals surface area contributed by atoms with Gasteiger partial charge in [0.2, 0.25) is 21.4 Å². The van der Waals surface area contributed by atoms with Crippen LogP contribution in [-0.4, -0.2) is 67.6 Å². The van der Waals surface area contributed by atoms with Gasteiger partial charge in [0, 0.05) is 51.5 Å². The SMILES string of the molecule is CCn1cc(C(=O)O)c(=O)c2cc(F)c(N3CCN(S(=O)(=O)c4ccc(NC(C)=O)cc4)CC3)c(OC)c21. The van der Waals surface area contributed by atoms with Crippen LogP contribution >= 0.6 is 0 Å². The van der Waals surface area contributed by atoms with Gasteiger partial charge in [0.15, 0.2) is 11.6 Å². The number of hydrogen-bond donors (Lipinski definition) is 2. The second-order valence-electron chi connectivity index (χ2n) is 8.70. The fourth-order valence-electron chi connectivity index (χ4n) is 4.59. The molecule has 1 aliphatic heterocycles. The number of carboxylic acid groups (broad SMARTS) is 1. The van der Waals surface area contributed by atoms with Crippen molar-refractivity contribution in [2.45, 2.75) is 25.3 Å². The number of amides is 1. The van der Waals surface area contributed by atoms with Crippen LogP contribution in [0, 0.1) is 5.82 Å². The molecule has 1 aliphatic rings. The Kier molecular flexibility index (Phi) is 7.42. The average Bonchev–Trinajstić information content (AvgIpc) is 2.88. The van der Waals surface area contributed by atoms with Gasteiger partial charge in [-0.25, -0.2) is 17.6 Å². The predicted molar refractivity (Wildman–Crippen MR) is 139 cm³/mol. The van der Waals surface area contributed by atoms with Gasteiger partial charge in [0.25, 0.3) is 0 Å². The second kappa shape index (κ2) is 10.4. The van der Waals surface area contributed by atoms with Crippen LogP contribution in [0.3, 0.4) is 0 Å². The summed E-state index contributed by atoms with van der Waals surface area (Å²) in [5, 5.41) is 11.9. The van der Waals surface area contributed by atoms with Gasteiger partial charge in [0.1, 0.15) is 11.3 Å². The molecule has 0 atom stereocenters. The lowest BCUT2D eigenvalue weighted by Crippen LogP contribution is -2.49. The smallest absolute Gasteiger partial charge is 0.341 e. The molecule has 2 heterocycles. The second-order valence-corrected chi connectivity index (χ2v) is 10.6. The molecule has 13 heteroatoms. The molecule has 0 spiro atoms. The number of halogens is 1. The van der Waals surface area contributed by atoms with Crippen molar-refractivity contribution in [3.8, 4) is 5.75 Å². The Bertz CT molecular complexity index is 1580. The number of aromatic carboxylic acids is 1. The van der Waals surface area contributed by atoms with Crippen LogP contribution in [0.4, 0.5) is 15.8 Å². The number of pyridine rings is 1. The number of nitrogens with one attached hydrogen (secondary N) is 1. The highest BCUT2D eigenvalue weighted by Crippen LogP contribution is 2.39. The fraction of sp³-hybridized carbons (Fsp3) is 0.320. The molecule has 0 bridgehead atoms. The van der Waals surface area contributed by atoms with E-state index < -0.39 is 32.8 Å². The van der Waals surface area contributed by atoms with Crippen LogP contribution in [0.5, 0.6) is 5.75 Å². The summed E-state index contributed by atoms with van der Waals surface area (Å²) < 4.78 is 50.1. The molecule has 3 aromatic rings. The average molecular weight is 547 g/mol. The number of fused-ring (bicyclic) bond motifs is 1. The van der Waals surface area contributed by atoms with Crippen molar-refractivity contribution < 1.29 is 32.2 Å². The summed E-state index contributed by atoms with van der Waals surface area (Å²) in [4.78, 5) is 37.2. The van der Waals surface area contributed by atoms with Gasteiger partial charge in [-0.15, -0.1) is 0 Å². The number of sulfonamides is 1. The van der Waals surface area contributed by atoms with E-state index in [-0.39, 0.29) is 59.3 Å². The number of nitrogens with zero attached hydrogens (tertiary/aromatic N) is 3. The molecule has 1 saturated heterocycles. The number of carbonyl (C=O) groups is 2. The first-order valence-electron chi connectivity index (χ1n) is 11.8. The summed E-state index contributed by atoms with van der Waals surface area (Å²) in [5.41, 5.74) is -0.489. The van der Waals surface area contributed by atoms with Gasteiger partial charge in [-0.05, 0) is 37.3 Å². The van der Waals surface area contributed by atoms with Crippen LogP contribution in [-0.2, 0) is 21.4 Å². The van der Waals surface area contributed by atoms with Crippen LogP contribution in [0.15, 0.2) is 46.2 Å². The molecule has 2 N–H and O–H groups in total. The molecular weight excluding hydrogens is 519 g/mol. The topological polar surface area (TPSA) is 138 Å². The summed E-state index contributed by atoms with van der Waals surface area (Å²) in [6.45, 7) is 3.82. The third-order valence-electron chi connectivity index (χ3n) is 6.39. The lowest BCUT2D eigenvalue weighted by atomic mass is 10.1. The van der Waals surface area contributed by atoms with Crippen molar-refractivity contribution in [2.75, 3.05) is 43.5 Å². The minimum Gasteiger partial charge on any atom is -0.492 e. The largest absolute Gasteiger partial charge is 0.492 e. The Morgan fingerprint density at radius 3 is 2.29 bits per heavy atom. The molecule has 2 aromatic carbocycles. The third kappa shape index (κ3) is 4.82. The molecule has 38 heavy (non-hydrogen) atoms. The van der Waals surface area contributed by atoms with E-state index in [1.807, 2.05) is 0 Å². The molecule has 0 aliphatic carbocycles. The number of hydrogen-bond acceptors (Lipinski definition) is 7. The minimum absolute atomic E-state index is 0.0644. The van der Waals surface area contributed by atoms with Crippen LogP contribution in [0.25, 0.3) is 10.9 Å². The number of carbonyl (C=O) groups excluding carboxylic acids is 1. The maximum absolute atomic E-state index is 15.4. The Balaban J connectivity index is 1.66. The van der Waals surface area contributed by atoms with Gasteiger partial charge in [-0.3, -0.25) is 9.59 Å². The molecule has 1 fully saturated rings. The van der Waals surface area contributed by atoms with E-state index in [0.29, 0.717) is 12.2 Å². The Morgan fingerprint density at radius 1 is 1.13 bits per heavy atom. The van der Waals surface area contributed by atoms with Gasteiger partial charge in [-0.2, -0.15) is 4.31 Å². The maximum Gasteiger partial charge on any atom is 0.341 e. The zero-order valence-corrected chi connectivity index (χ0v) is 21.8.